The third kappa shape index (κ3) is 2.65. The summed E-state index contributed by atoms with van der Waals surface area (Å²) in [6, 6.07) is 10.0. The van der Waals surface area contributed by atoms with Crippen molar-refractivity contribution in [2.24, 2.45) is 0 Å². The van der Waals surface area contributed by atoms with E-state index in [-0.39, 0.29) is 12.2 Å². The lowest BCUT2D eigenvalue weighted by Crippen LogP contribution is -2.04. The van der Waals surface area contributed by atoms with Crippen LogP contribution >= 0.6 is 15.9 Å². The summed E-state index contributed by atoms with van der Waals surface area (Å²) in [4.78, 5) is 0. The number of hydrogen-bond donors (Lipinski definition) is 1. The minimum Gasteiger partial charge on any atom is -0.461 e. The van der Waals surface area contributed by atoms with E-state index in [9.17, 15) is 8.78 Å². The number of aryl methyl sites for hydroxylation is 1. The normalized spacial score (nSPS) is 11.0. The van der Waals surface area contributed by atoms with E-state index in [0.717, 1.165) is 22.3 Å². The third-order valence-electron chi connectivity index (χ3n) is 3.35. The van der Waals surface area contributed by atoms with Gasteiger partial charge in [-0.1, -0.05) is 34.1 Å². The smallest absolute Gasteiger partial charge is 0.150 e. The van der Waals surface area contributed by atoms with E-state index in [1.54, 1.807) is 0 Å². The molecule has 3 rings (SSSR count). The van der Waals surface area contributed by atoms with Crippen LogP contribution < -0.4 is 5.32 Å². The van der Waals surface area contributed by atoms with Gasteiger partial charge < -0.3 is 9.73 Å². The van der Waals surface area contributed by atoms with Gasteiger partial charge in [-0.2, -0.15) is 0 Å². The summed E-state index contributed by atoms with van der Waals surface area (Å²) < 4.78 is 33.6. The van der Waals surface area contributed by atoms with Crippen LogP contribution in [0.2, 0.25) is 0 Å². The van der Waals surface area contributed by atoms with Crippen molar-refractivity contribution in [1.29, 1.82) is 0 Å². The van der Waals surface area contributed by atoms with E-state index in [1.165, 1.54) is 12.1 Å². The van der Waals surface area contributed by atoms with Gasteiger partial charge in [0.25, 0.3) is 0 Å². The van der Waals surface area contributed by atoms with Gasteiger partial charge in [-0.15, -0.1) is 0 Å². The first-order valence-electron chi connectivity index (χ1n) is 6.41. The molecular formula is C16H12BrF2NO. The molecule has 0 unspecified atom stereocenters. The SMILES string of the molecule is Cc1oc2ccccc2c1CNc1c(F)cc(Br)cc1F. The van der Waals surface area contributed by atoms with Crippen molar-refractivity contribution in [3.8, 4) is 0 Å². The molecule has 0 saturated carbocycles. The van der Waals surface area contributed by atoms with Crippen LogP contribution in [0.4, 0.5) is 14.5 Å². The molecule has 1 N–H and O–H groups in total. The summed E-state index contributed by atoms with van der Waals surface area (Å²) in [5.41, 5.74) is 1.53. The molecule has 0 aliphatic carbocycles. The summed E-state index contributed by atoms with van der Waals surface area (Å²) in [5, 5.41) is 3.76. The van der Waals surface area contributed by atoms with Crippen molar-refractivity contribution in [2.45, 2.75) is 13.5 Å². The monoisotopic (exact) mass is 351 g/mol. The minimum absolute atomic E-state index is 0.136. The zero-order valence-electron chi connectivity index (χ0n) is 11.2. The van der Waals surface area contributed by atoms with Gasteiger partial charge in [0.1, 0.15) is 28.7 Å². The molecule has 2 nitrogen and oxygen atoms in total. The molecule has 0 aliphatic heterocycles. The lowest BCUT2D eigenvalue weighted by atomic mass is 10.1. The molecule has 3 aromatic rings. The number of nitrogens with one attached hydrogen (secondary N) is 1. The van der Waals surface area contributed by atoms with E-state index in [1.807, 2.05) is 31.2 Å². The number of anilines is 1. The first kappa shape index (κ1) is 14.1. The predicted molar refractivity (Wildman–Crippen MR) is 82.3 cm³/mol. The maximum absolute atomic E-state index is 13.8. The Hall–Kier alpha value is -1.88. The van der Waals surface area contributed by atoms with Crippen molar-refractivity contribution >= 4 is 32.6 Å². The van der Waals surface area contributed by atoms with Crippen molar-refractivity contribution in [3.63, 3.8) is 0 Å². The van der Waals surface area contributed by atoms with Crippen LogP contribution in [-0.4, -0.2) is 0 Å². The Bertz CT molecular complexity index is 790. The average Bonchev–Trinajstić information content (AvgIpc) is 2.73. The third-order valence-corrected chi connectivity index (χ3v) is 3.81. The number of benzene rings is 2. The van der Waals surface area contributed by atoms with Gasteiger partial charge in [0, 0.05) is 22.0 Å². The molecule has 0 radical (unpaired) electrons. The first-order valence-corrected chi connectivity index (χ1v) is 7.21. The van der Waals surface area contributed by atoms with Crippen LogP contribution in [0.1, 0.15) is 11.3 Å². The van der Waals surface area contributed by atoms with Crippen molar-refractivity contribution < 1.29 is 13.2 Å². The minimum atomic E-state index is -0.632. The molecular weight excluding hydrogens is 340 g/mol. The van der Waals surface area contributed by atoms with Gasteiger partial charge in [-0.25, -0.2) is 8.78 Å². The summed E-state index contributed by atoms with van der Waals surface area (Å²) in [6.45, 7) is 2.13. The molecule has 0 atom stereocenters. The number of rotatable bonds is 3. The van der Waals surface area contributed by atoms with E-state index >= 15 is 0 Å². The predicted octanol–water partition coefficient (Wildman–Crippen LogP) is 5.39. The van der Waals surface area contributed by atoms with Crippen LogP contribution in [0.5, 0.6) is 0 Å². The molecule has 108 valence electrons. The Balaban J connectivity index is 1.92. The van der Waals surface area contributed by atoms with Gasteiger partial charge in [0.15, 0.2) is 0 Å². The first-order chi connectivity index (χ1) is 10.1. The lowest BCUT2D eigenvalue weighted by molar-refractivity contribution is 0.571. The molecule has 0 amide bonds. The highest BCUT2D eigenvalue weighted by Gasteiger charge is 2.14. The Labute approximate surface area is 128 Å². The summed E-state index contributed by atoms with van der Waals surface area (Å²) in [5.74, 6) is -0.527. The van der Waals surface area contributed by atoms with Gasteiger partial charge in [-0.3, -0.25) is 0 Å². The quantitative estimate of drug-likeness (QED) is 0.683. The zero-order valence-corrected chi connectivity index (χ0v) is 12.8. The second kappa shape index (κ2) is 5.48. The van der Waals surface area contributed by atoms with Crippen LogP contribution in [0.3, 0.4) is 0 Å². The topological polar surface area (TPSA) is 25.2 Å². The molecule has 0 saturated heterocycles. The highest BCUT2D eigenvalue weighted by atomic mass is 79.9. The fourth-order valence-electron chi connectivity index (χ4n) is 2.33. The molecule has 1 heterocycles. The maximum Gasteiger partial charge on any atom is 0.150 e. The van der Waals surface area contributed by atoms with Gasteiger partial charge >= 0.3 is 0 Å². The van der Waals surface area contributed by atoms with Gasteiger partial charge in [-0.05, 0) is 25.1 Å². The van der Waals surface area contributed by atoms with Crippen molar-refractivity contribution in [2.75, 3.05) is 5.32 Å². The molecule has 0 bridgehead atoms. The Morgan fingerprint density at radius 3 is 2.52 bits per heavy atom. The van der Waals surface area contributed by atoms with Crippen molar-refractivity contribution in [1.82, 2.24) is 0 Å². The van der Waals surface area contributed by atoms with Gasteiger partial charge in [0.2, 0.25) is 0 Å². The highest BCUT2D eigenvalue weighted by molar-refractivity contribution is 9.10. The van der Waals surface area contributed by atoms with Crippen LogP contribution in [0.15, 0.2) is 45.3 Å². The molecule has 5 heteroatoms. The highest BCUT2D eigenvalue weighted by Crippen LogP contribution is 2.28. The molecule has 1 aromatic heterocycles. The summed E-state index contributed by atoms with van der Waals surface area (Å²) in [7, 11) is 0. The summed E-state index contributed by atoms with van der Waals surface area (Å²) >= 11 is 3.06. The largest absolute Gasteiger partial charge is 0.461 e. The maximum atomic E-state index is 13.8. The van der Waals surface area contributed by atoms with Crippen LogP contribution in [-0.2, 0) is 6.54 Å². The van der Waals surface area contributed by atoms with Crippen LogP contribution in [0.25, 0.3) is 11.0 Å². The molecule has 21 heavy (non-hydrogen) atoms. The second-order valence-electron chi connectivity index (χ2n) is 4.73. The van der Waals surface area contributed by atoms with E-state index in [2.05, 4.69) is 21.2 Å². The number of hydrogen-bond acceptors (Lipinski definition) is 2. The fourth-order valence-corrected chi connectivity index (χ4v) is 2.73. The van der Waals surface area contributed by atoms with E-state index < -0.39 is 11.6 Å². The Morgan fingerprint density at radius 1 is 1.14 bits per heavy atom. The van der Waals surface area contributed by atoms with E-state index in [4.69, 9.17) is 4.42 Å². The number of furan rings is 1. The molecule has 0 fully saturated rings. The Morgan fingerprint density at radius 2 is 1.81 bits per heavy atom. The van der Waals surface area contributed by atoms with Gasteiger partial charge in [0.05, 0.1) is 0 Å². The Kier molecular flexibility index (Phi) is 3.68. The van der Waals surface area contributed by atoms with E-state index in [0.29, 0.717) is 4.47 Å². The summed E-state index contributed by atoms with van der Waals surface area (Å²) in [6.07, 6.45) is 0. The van der Waals surface area contributed by atoms with Crippen molar-refractivity contribution in [3.05, 3.63) is 63.8 Å². The zero-order chi connectivity index (χ0) is 15.0. The number of halogens is 3. The molecule has 0 aliphatic rings. The lowest BCUT2D eigenvalue weighted by Gasteiger charge is -2.09. The standard InChI is InChI=1S/C16H12BrF2NO/c1-9-12(11-4-2-3-5-15(11)21-9)8-20-16-13(18)6-10(17)7-14(16)19/h2-7,20H,8H2,1H3. The molecule has 0 spiro atoms. The van der Waals surface area contributed by atoms with Crippen LogP contribution in [0, 0.1) is 18.6 Å². The molecule has 2 aromatic carbocycles. The fraction of sp³-hybridized carbons (Fsp3) is 0.125. The number of para-hydroxylation sites is 1. The number of fused-ring (bicyclic) bond motifs is 1. The second-order valence-corrected chi connectivity index (χ2v) is 5.65. The average molecular weight is 352 g/mol.